The molecule has 38 heavy (non-hydrogen) atoms. The van der Waals surface area contributed by atoms with Gasteiger partial charge in [-0.2, -0.15) is 0 Å². The Bertz CT molecular complexity index is 1870. The Morgan fingerprint density at radius 3 is 2.47 bits per heavy atom. The maximum absolute atomic E-state index is 13.6. The van der Waals surface area contributed by atoms with Crippen LogP contribution in [0, 0.1) is 0 Å². The van der Waals surface area contributed by atoms with Gasteiger partial charge in [-0.25, -0.2) is 9.97 Å². The van der Waals surface area contributed by atoms with Crippen LogP contribution in [0.1, 0.15) is 35.4 Å². The first-order valence-corrected chi connectivity index (χ1v) is 14.9. The van der Waals surface area contributed by atoms with E-state index in [0.717, 1.165) is 32.8 Å². The van der Waals surface area contributed by atoms with Gasteiger partial charge in [0.2, 0.25) is 0 Å². The smallest absolute Gasteiger partial charge is 0.263 e. The van der Waals surface area contributed by atoms with Crippen LogP contribution >= 0.6 is 34.4 Å². The molecular weight excluding hydrogens is 533 g/mol. The fourth-order valence-electron chi connectivity index (χ4n) is 4.42. The van der Waals surface area contributed by atoms with Gasteiger partial charge in [-0.3, -0.25) is 14.2 Å². The molecule has 0 saturated heterocycles. The lowest BCUT2D eigenvalue weighted by Gasteiger charge is -2.15. The quantitative estimate of drug-likeness (QED) is 0.171. The van der Waals surface area contributed by atoms with Crippen molar-refractivity contribution in [1.29, 1.82) is 0 Å². The summed E-state index contributed by atoms with van der Waals surface area (Å²) in [7, 11) is 0. The number of aryl methyl sites for hydroxylation is 1. The van der Waals surface area contributed by atoms with Crippen LogP contribution in [-0.4, -0.2) is 19.5 Å². The van der Waals surface area contributed by atoms with Crippen LogP contribution < -0.4 is 11.1 Å². The molecule has 2 aromatic carbocycles. The standard InChI is InChI=1S/C29H24N4O2S3/c1-3-20-14-21-26(38-20)32-29(33(28(21)35)15-18-10-6-4-7-11-18)37-17(2)24-30-25(34)23-22(16-36-27(23)31-24)19-12-8-5-9-13-19/h4-14,16-17H,3,15H2,1-2H3,(H,30,31,34)/t17-/m0/s1. The van der Waals surface area contributed by atoms with Crippen molar-refractivity contribution in [2.45, 2.75) is 37.2 Å². The first-order chi connectivity index (χ1) is 18.5. The Morgan fingerprint density at radius 1 is 1.00 bits per heavy atom. The van der Waals surface area contributed by atoms with Crippen molar-refractivity contribution < 1.29 is 0 Å². The fourth-order valence-corrected chi connectivity index (χ4v) is 7.35. The van der Waals surface area contributed by atoms with Gasteiger partial charge in [-0.1, -0.05) is 79.3 Å². The predicted molar refractivity (Wildman–Crippen MR) is 159 cm³/mol. The van der Waals surface area contributed by atoms with Crippen molar-refractivity contribution in [2.75, 3.05) is 0 Å². The van der Waals surface area contributed by atoms with E-state index < -0.39 is 0 Å². The summed E-state index contributed by atoms with van der Waals surface area (Å²) in [5.41, 5.74) is 2.70. The Hall–Kier alpha value is -3.53. The molecule has 0 spiro atoms. The normalized spacial score (nSPS) is 12.4. The largest absolute Gasteiger partial charge is 0.309 e. The number of H-pyrrole nitrogens is 1. The molecule has 0 fully saturated rings. The van der Waals surface area contributed by atoms with Crippen LogP contribution in [0.15, 0.2) is 86.9 Å². The fraction of sp³-hybridized carbons (Fsp3) is 0.172. The molecular formula is C29H24N4O2S3. The maximum Gasteiger partial charge on any atom is 0.263 e. The Balaban J connectivity index is 1.40. The minimum Gasteiger partial charge on any atom is -0.309 e. The van der Waals surface area contributed by atoms with Gasteiger partial charge in [0.05, 0.1) is 22.6 Å². The summed E-state index contributed by atoms with van der Waals surface area (Å²) < 4.78 is 1.74. The first-order valence-electron chi connectivity index (χ1n) is 12.3. The molecule has 4 heterocycles. The zero-order valence-corrected chi connectivity index (χ0v) is 23.3. The van der Waals surface area contributed by atoms with E-state index >= 15 is 0 Å². The van der Waals surface area contributed by atoms with E-state index in [1.54, 1.807) is 15.9 Å². The van der Waals surface area contributed by atoms with Gasteiger partial charge in [-0.15, -0.1) is 22.7 Å². The average Bonchev–Trinajstić information content (AvgIpc) is 3.57. The Labute approximate surface area is 231 Å². The molecule has 190 valence electrons. The number of thioether (sulfide) groups is 1. The second-order valence-electron chi connectivity index (χ2n) is 8.96. The van der Waals surface area contributed by atoms with E-state index in [2.05, 4.69) is 11.9 Å². The van der Waals surface area contributed by atoms with E-state index in [9.17, 15) is 9.59 Å². The van der Waals surface area contributed by atoms with Crippen LogP contribution in [0.25, 0.3) is 31.6 Å². The summed E-state index contributed by atoms with van der Waals surface area (Å²) in [6.45, 7) is 4.48. The second kappa shape index (κ2) is 10.3. The van der Waals surface area contributed by atoms with Crippen molar-refractivity contribution in [2.24, 2.45) is 0 Å². The third-order valence-electron chi connectivity index (χ3n) is 6.41. The summed E-state index contributed by atoms with van der Waals surface area (Å²) in [6.07, 6.45) is 0.856. The van der Waals surface area contributed by atoms with Gasteiger partial charge >= 0.3 is 0 Å². The van der Waals surface area contributed by atoms with Crippen molar-refractivity contribution >= 4 is 54.9 Å². The second-order valence-corrected chi connectivity index (χ2v) is 12.2. The lowest BCUT2D eigenvalue weighted by atomic mass is 10.1. The molecule has 9 heteroatoms. The third-order valence-corrected chi connectivity index (χ3v) is 9.56. The molecule has 0 radical (unpaired) electrons. The third kappa shape index (κ3) is 4.62. The number of fused-ring (bicyclic) bond motifs is 2. The molecule has 0 bridgehead atoms. The number of nitrogens with zero attached hydrogens (tertiary/aromatic N) is 3. The number of nitrogens with one attached hydrogen (secondary N) is 1. The molecule has 0 amide bonds. The van der Waals surface area contributed by atoms with E-state index in [4.69, 9.17) is 9.97 Å². The van der Waals surface area contributed by atoms with E-state index in [0.29, 0.717) is 33.1 Å². The molecule has 0 aliphatic rings. The zero-order chi connectivity index (χ0) is 26.2. The predicted octanol–water partition coefficient (Wildman–Crippen LogP) is 6.89. The Kier molecular flexibility index (Phi) is 6.73. The highest BCUT2D eigenvalue weighted by molar-refractivity contribution is 7.99. The molecule has 4 aromatic heterocycles. The molecule has 6 rings (SSSR count). The number of hydrogen-bond donors (Lipinski definition) is 1. The van der Waals surface area contributed by atoms with E-state index in [-0.39, 0.29) is 16.4 Å². The topological polar surface area (TPSA) is 80.6 Å². The highest BCUT2D eigenvalue weighted by Gasteiger charge is 2.21. The summed E-state index contributed by atoms with van der Waals surface area (Å²) in [4.78, 5) is 42.2. The van der Waals surface area contributed by atoms with Crippen LogP contribution in [0.4, 0.5) is 0 Å². The van der Waals surface area contributed by atoms with E-state index in [1.807, 2.05) is 79.0 Å². The lowest BCUT2D eigenvalue weighted by Crippen LogP contribution is -2.23. The molecule has 1 atom stereocenters. The minimum absolute atomic E-state index is 0.0489. The number of aromatic nitrogens is 4. The number of rotatable bonds is 7. The number of benzene rings is 2. The van der Waals surface area contributed by atoms with Crippen LogP contribution in [0.2, 0.25) is 0 Å². The molecule has 6 nitrogen and oxygen atoms in total. The number of hydrogen-bond acceptors (Lipinski definition) is 7. The van der Waals surface area contributed by atoms with Crippen LogP contribution in [-0.2, 0) is 13.0 Å². The molecule has 1 N–H and O–H groups in total. The molecule has 0 unspecified atom stereocenters. The van der Waals surface area contributed by atoms with Gasteiger partial charge in [0, 0.05) is 15.8 Å². The monoisotopic (exact) mass is 556 g/mol. The summed E-state index contributed by atoms with van der Waals surface area (Å²) >= 11 is 4.46. The summed E-state index contributed by atoms with van der Waals surface area (Å²) in [5, 5.41) is 3.63. The van der Waals surface area contributed by atoms with Gasteiger partial charge in [0.15, 0.2) is 5.16 Å². The van der Waals surface area contributed by atoms with Crippen molar-refractivity contribution in [3.8, 4) is 11.1 Å². The van der Waals surface area contributed by atoms with Gasteiger partial charge < -0.3 is 4.98 Å². The highest BCUT2D eigenvalue weighted by Crippen LogP contribution is 2.36. The minimum atomic E-state index is -0.230. The summed E-state index contributed by atoms with van der Waals surface area (Å²) in [5.74, 6) is 0.565. The number of aromatic amines is 1. The van der Waals surface area contributed by atoms with Crippen molar-refractivity contribution in [3.63, 3.8) is 0 Å². The first kappa shape index (κ1) is 24.8. The van der Waals surface area contributed by atoms with Crippen molar-refractivity contribution in [1.82, 2.24) is 19.5 Å². The molecule has 6 aromatic rings. The highest BCUT2D eigenvalue weighted by atomic mass is 32.2. The molecule has 0 aliphatic heterocycles. The lowest BCUT2D eigenvalue weighted by molar-refractivity contribution is 0.657. The van der Waals surface area contributed by atoms with Crippen LogP contribution in [0.5, 0.6) is 0 Å². The average molecular weight is 557 g/mol. The van der Waals surface area contributed by atoms with Crippen molar-refractivity contribution in [3.05, 3.63) is 109 Å². The zero-order valence-electron chi connectivity index (χ0n) is 20.8. The number of thiophene rings is 2. The van der Waals surface area contributed by atoms with Gasteiger partial charge in [0.1, 0.15) is 15.5 Å². The summed E-state index contributed by atoms with van der Waals surface area (Å²) in [6, 6.07) is 21.7. The maximum atomic E-state index is 13.6. The SMILES string of the molecule is CCc1cc2c(=O)n(Cc3ccccc3)c(S[C@@H](C)c3nc4scc(-c5ccccc5)c4c(=O)[nH]3)nc2s1. The van der Waals surface area contributed by atoms with Gasteiger partial charge in [0.25, 0.3) is 11.1 Å². The van der Waals surface area contributed by atoms with E-state index in [1.165, 1.54) is 23.1 Å². The molecule has 0 aliphatic carbocycles. The Morgan fingerprint density at radius 2 is 1.74 bits per heavy atom. The molecule has 0 saturated carbocycles. The van der Waals surface area contributed by atoms with Gasteiger partial charge in [-0.05, 0) is 30.5 Å². The van der Waals surface area contributed by atoms with Crippen LogP contribution in [0.3, 0.4) is 0 Å².